The van der Waals surface area contributed by atoms with E-state index in [4.69, 9.17) is 11.0 Å². The Morgan fingerprint density at radius 1 is 0.419 bits per heavy atom. The Balaban J connectivity index is 1.12. The molecule has 0 saturated carbocycles. The first-order chi connectivity index (χ1) is 30.6. The molecule has 2 aromatic heterocycles. The molecular formula is C59H40N2O. The highest BCUT2D eigenvalue weighted by molar-refractivity contribution is 6.13. The van der Waals surface area contributed by atoms with Crippen LogP contribution in [0.15, 0.2) is 229 Å². The third kappa shape index (κ3) is 5.67. The van der Waals surface area contributed by atoms with Crippen LogP contribution in [0.2, 0.25) is 0 Å². The van der Waals surface area contributed by atoms with E-state index in [9.17, 15) is 0 Å². The summed E-state index contributed by atoms with van der Waals surface area (Å²) in [6, 6.07) is 72.2. The second-order valence-electron chi connectivity index (χ2n) is 16.2. The summed E-state index contributed by atoms with van der Waals surface area (Å²) in [4.78, 5) is 2.37. The lowest BCUT2D eigenvalue weighted by Crippen LogP contribution is -2.15. The average molecular weight is 793 g/mol. The summed E-state index contributed by atoms with van der Waals surface area (Å²) >= 11 is 0. The van der Waals surface area contributed by atoms with Crippen LogP contribution >= 0.6 is 0 Å². The second-order valence-corrected chi connectivity index (χ2v) is 16.2. The molecule has 0 atom stereocenters. The van der Waals surface area contributed by atoms with Crippen LogP contribution in [0.1, 0.15) is 18.1 Å². The van der Waals surface area contributed by atoms with Crippen LogP contribution in [0.5, 0.6) is 0 Å². The van der Waals surface area contributed by atoms with E-state index in [1.54, 1.807) is 0 Å². The van der Waals surface area contributed by atoms with E-state index in [0.717, 1.165) is 83.5 Å². The number of fused-ring (bicyclic) bond motifs is 11. The van der Waals surface area contributed by atoms with E-state index >= 15 is 0 Å². The fourth-order valence-electron chi connectivity index (χ4n) is 9.71. The Labute approximate surface area is 360 Å². The predicted octanol–water partition coefficient (Wildman–Crippen LogP) is 16.3. The van der Waals surface area contributed by atoms with Crippen molar-refractivity contribution >= 4 is 77.0 Å². The highest BCUT2D eigenvalue weighted by Gasteiger charge is 2.23. The number of benzene rings is 9. The summed E-state index contributed by atoms with van der Waals surface area (Å²) < 4.78 is 8.93. The van der Waals surface area contributed by atoms with Gasteiger partial charge in [0.2, 0.25) is 0 Å². The number of hydrogen-bond acceptors (Lipinski definition) is 2. The molecule has 9 aromatic carbocycles. The number of hydrogen-bond donors (Lipinski definition) is 0. The number of nitrogens with zero attached hydrogens (tertiary/aromatic N) is 2. The van der Waals surface area contributed by atoms with E-state index in [0.29, 0.717) is 0 Å². The van der Waals surface area contributed by atoms with Gasteiger partial charge in [-0.15, -0.1) is 0 Å². The van der Waals surface area contributed by atoms with Gasteiger partial charge < -0.3 is 13.9 Å². The van der Waals surface area contributed by atoms with Gasteiger partial charge in [-0.3, -0.25) is 0 Å². The van der Waals surface area contributed by atoms with E-state index in [1.807, 2.05) is 12.1 Å². The molecule has 0 radical (unpaired) electrons. The molecule has 0 unspecified atom stereocenters. The molecule has 292 valence electrons. The summed E-state index contributed by atoms with van der Waals surface area (Å²) in [6.07, 6.45) is 4.45. The van der Waals surface area contributed by atoms with Crippen molar-refractivity contribution in [3.8, 4) is 27.9 Å². The minimum absolute atomic E-state index is 0.856. The van der Waals surface area contributed by atoms with Gasteiger partial charge in [0.25, 0.3) is 0 Å². The van der Waals surface area contributed by atoms with E-state index in [2.05, 4.69) is 217 Å². The maximum atomic E-state index is 6.48. The molecule has 12 rings (SSSR count). The van der Waals surface area contributed by atoms with E-state index in [-0.39, 0.29) is 0 Å². The van der Waals surface area contributed by atoms with Crippen LogP contribution in [0, 0.1) is 0 Å². The molecule has 3 heterocycles. The van der Waals surface area contributed by atoms with Crippen molar-refractivity contribution in [2.75, 3.05) is 4.90 Å². The van der Waals surface area contributed by atoms with Crippen molar-refractivity contribution in [2.24, 2.45) is 0 Å². The lowest BCUT2D eigenvalue weighted by Gasteiger charge is -2.29. The molecule has 0 fully saturated rings. The minimum atomic E-state index is 0.856. The number of allylic oxidation sites excluding steroid dienone is 5. The third-order valence-corrected chi connectivity index (χ3v) is 12.7. The standard InChI is InChI=1S/C59H40N2O/c1-38-27-31-45(40-15-4-3-5-16-40)39(2)42-28-32-46(43-29-33-50-48-20-8-12-24-56(48)61(57(50)36-43)54-25-14-18-41-17-6-7-19-47(41)54)53(35-42)49-21-9-11-23-55(49)60(38)44-30-34-52-51-22-10-13-26-58(51)62-59(52)37-44/h3-37H,2H2,1H3/b38-27+,45-31+. The first-order valence-corrected chi connectivity index (χ1v) is 21.2. The average Bonchev–Trinajstić information content (AvgIpc) is 3.86. The molecular weight excluding hydrogens is 753 g/mol. The summed E-state index contributed by atoms with van der Waals surface area (Å²) in [5.41, 5.74) is 17.2. The van der Waals surface area contributed by atoms with Crippen molar-refractivity contribution in [1.29, 1.82) is 0 Å². The van der Waals surface area contributed by atoms with Gasteiger partial charge in [-0.05, 0) is 106 Å². The molecule has 1 aliphatic heterocycles. The highest BCUT2D eigenvalue weighted by atomic mass is 16.3. The van der Waals surface area contributed by atoms with Gasteiger partial charge >= 0.3 is 0 Å². The highest BCUT2D eigenvalue weighted by Crippen LogP contribution is 2.46. The summed E-state index contributed by atoms with van der Waals surface area (Å²) in [7, 11) is 0. The molecule has 0 saturated heterocycles. The zero-order chi connectivity index (χ0) is 41.3. The molecule has 0 N–H and O–H groups in total. The monoisotopic (exact) mass is 792 g/mol. The number of anilines is 2. The van der Waals surface area contributed by atoms with Gasteiger partial charge in [0.15, 0.2) is 0 Å². The van der Waals surface area contributed by atoms with Gasteiger partial charge in [0.1, 0.15) is 11.2 Å². The van der Waals surface area contributed by atoms with Crippen molar-refractivity contribution in [1.82, 2.24) is 4.57 Å². The van der Waals surface area contributed by atoms with Crippen LogP contribution in [-0.4, -0.2) is 4.57 Å². The lowest BCUT2D eigenvalue weighted by atomic mass is 9.87. The molecule has 11 aromatic rings. The van der Waals surface area contributed by atoms with Gasteiger partial charge in [-0.2, -0.15) is 0 Å². The molecule has 1 aliphatic rings. The summed E-state index contributed by atoms with van der Waals surface area (Å²) in [5, 5.41) is 7.11. The third-order valence-electron chi connectivity index (χ3n) is 12.7. The van der Waals surface area contributed by atoms with Crippen LogP contribution in [0.3, 0.4) is 0 Å². The number of rotatable bonds is 4. The van der Waals surface area contributed by atoms with Crippen LogP contribution in [0.25, 0.3) is 93.6 Å². The largest absolute Gasteiger partial charge is 0.456 e. The Hall–Kier alpha value is -8.14. The van der Waals surface area contributed by atoms with Gasteiger partial charge in [-0.25, -0.2) is 0 Å². The molecule has 62 heavy (non-hydrogen) atoms. The molecule has 2 bridgehead atoms. The number of furan rings is 1. The van der Waals surface area contributed by atoms with Crippen LogP contribution < -0.4 is 4.90 Å². The minimum Gasteiger partial charge on any atom is -0.456 e. The van der Waals surface area contributed by atoms with Crippen molar-refractivity contribution < 1.29 is 4.42 Å². The molecule has 3 heteroatoms. The van der Waals surface area contributed by atoms with E-state index in [1.165, 1.54) is 38.3 Å². The second kappa shape index (κ2) is 14.3. The van der Waals surface area contributed by atoms with Gasteiger partial charge in [0.05, 0.1) is 22.4 Å². The van der Waals surface area contributed by atoms with Crippen molar-refractivity contribution in [3.05, 3.63) is 236 Å². The maximum Gasteiger partial charge on any atom is 0.137 e. The maximum absolute atomic E-state index is 6.48. The van der Waals surface area contributed by atoms with Crippen molar-refractivity contribution in [2.45, 2.75) is 6.92 Å². The fraction of sp³-hybridized carbons (Fsp3) is 0.0169. The zero-order valence-electron chi connectivity index (χ0n) is 34.2. The van der Waals surface area contributed by atoms with Crippen LogP contribution in [-0.2, 0) is 0 Å². The zero-order valence-corrected chi connectivity index (χ0v) is 34.2. The molecule has 0 aliphatic carbocycles. The topological polar surface area (TPSA) is 21.3 Å². The first-order valence-electron chi connectivity index (χ1n) is 21.2. The normalized spacial score (nSPS) is 14.8. The Kier molecular flexibility index (Phi) is 8.23. The summed E-state index contributed by atoms with van der Waals surface area (Å²) in [5.74, 6) is 0. The molecule has 3 nitrogen and oxygen atoms in total. The molecule has 0 spiro atoms. The van der Waals surface area contributed by atoms with E-state index < -0.39 is 0 Å². The van der Waals surface area contributed by atoms with Crippen LogP contribution in [0.4, 0.5) is 11.4 Å². The quantitative estimate of drug-likeness (QED) is 0.177. The predicted molar refractivity (Wildman–Crippen MR) is 262 cm³/mol. The number of aromatic nitrogens is 1. The van der Waals surface area contributed by atoms with Crippen molar-refractivity contribution in [3.63, 3.8) is 0 Å². The Bertz CT molecular complexity index is 3670. The smallest absolute Gasteiger partial charge is 0.137 e. The van der Waals surface area contributed by atoms with Gasteiger partial charge in [-0.1, -0.05) is 158 Å². The SMILES string of the molecule is C=C1/C(c2ccccc2)=C\C=C(/C)N(c2ccc3c(c2)oc2ccccc23)c2ccccc2-c2cc1ccc2-c1ccc2c3ccccc3n(-c3cccc4ccccc34)c2c1. The first kappa shape index (κ1) is 35.8. The Morgan fingerprint density at radius 3 is 2.00 bits per heavy atom. The number of para-hydroxylation sites is 3. The fourth-order valence-corrected chi connectivity index (χ4v) is 9.71. The Morgan fingerprint density at radius 2 is 1.10 bits per heavy atom. The van der Waals surface area contributed by atoms with Gasteiger partial charge in [0, 0.05) is 49.9 Å². The summed E-state index contributed by atoms with van der Waals surface area (Å²) in [6.45, 7) is 6.96. The lowest BCUT2D eigenvalue weighted by molar-refractivity contribution is 0.669. The molecule has 0 amide bonds.